The number of nitrogens with one attached hydrogen (secondary N) is 1. The van der Waals surface area contributed by atoms with Gasteiger partial charge in [0.15, 0.2) is 11.6 Å². The summed E-state index contributed by atoms with van der Waals surface area (Å²) >= 11 is 1.57. The van der Waals surface area contributed by atoms with E-state index in [1.165, 1.54) is 0 Å². The first-order chi connectivity index (χ1) is 10.3. The van der Waals surface area contributed by atoms with Crippen LogP contribution in [-0.2, 0) is 4.74 Å². The van der Waals surface area contributed by atoms with Crippen LogP contribution in [0.15, 0.2) is 28.8 Å². The Hall–Kier alpha value is -2.06. The van der Waals surface area contributed by atoms with Crippen molar-refractivity contribution < 1.29 is 9.13 Å². The number of anilines is 2. The molecule has 3 heterocycles. The van der Waals surface area contributed by atoms with E-state index in [0.717, 1.165) is 11.1 Å². The van der Waals surface area contributed by atoms with Gasteiger partial charge in [-0.2, -0.15) is 10.1 Å². The number of hydrogen-bond acceptors (Lipinski definition) is 7. The average Bonchev–Trinajstić information content (AvgIpc) is 3.03. The number of hydrogen-bond donors (Lipinski definition) is 1. The van der Waals surface area contributed by atoms with Crippen LogP contribution in [0.2, 0.25) is 0 Å². The zero-order valence-electron chi connectivity index (χ0n) is 11.2. The minimum absolute atomic E-state index is 0.269. The van der Waals surface area contributed by atoms with E-state index in [4.69, 9.17) is 4.74 Å². The molecule has 1 aliphatic rings. The second kappa shape index (κ2) is 6.59. The third-order valence-electron chi connectivity index (χ3n) is 2.94. The molecule has 2 aromatic rings. The Labute approximate surface area is 125 Å². The summed E-state index contributed by atoms with van der Waals surface area (Å²) in [6.45, 7) is 2.38. The third-order valence-corrected chi connectivity index (χ3v) is 3.74. The molecule has 1 saturated heterocycles. The van der Waals surface area contributed by atoms with Crippen LogP contribution >= 0.6 is 11.3 Å². The summed E-state index contributed by atoms with van der Waals surface area (Å²) in [5.41, 5.74) is 2.72. The Morgan fingerprint density at radius 1 is 1.43 bits per heavy atom. The van der Waals surface area contributed by atoms with Gasteiger partial charge in [-0.05, 0) is 11.4 Å². The Balaban J connectivity index is 1.71. The number of ether oxygens (including phenoxy) is 1. The topological polar surface area (TPSA) is 62.6 Å². The van der Waals surface area contributed by atoms with Gasteiger partial charge >= 0.3 is 0 Å². The van der Waals surface area contributed by atoms with Crippen LogP contribution in [0.1, 0.15) is 4.88 Å². The van der Waals surface area contributed by atoms with Crippen LogP contribution in [0, 0.1) is 5.82 Å². The van der Waals surface area contributed by atoms with Gasteiger partial charge in [-0.25, -0.2) is 14.8 Å². The maximum Gasteiger partial charge on any atom is 0.245 e. The van der Waals surface area contributed by atoms with Crippen LogP contribution in [0.4, 0.5) is 16.2 Å². The lowest BCUT2D eigenvalue weighted by Gasteiger charge is -2.27. The van der Waals surface area contributed by atoms with Crippen LogP contribution in [0.25, 0.3) is 0 Å². The number of aromatic nitrogens is 2. The monoisotopic (exact) mass is 307 g/mol. The minimum atomic E-state index is -0.440. The average molecular weight is 307 g/mol. The molecule has 3 rings (SSSR count). The van der Waals surface area contributed by atoms with E-state index >= 15 is 0 Å². The predicted molar refractivity (Wildman–Crippen MR) is 80.6 cm³/mol. The number of nitrogens with zero attached hydrogens (tertiary/aromatic N) is 4. The van der Waals surface area contributed by atoms with Gasteiger partial charge in [-0.3, -0.25) is 0 Å². The van der Waals surface area contributed by atoms with E-state index in [-0.39, 0.29) is 11.8 Å². The zero-order valence-corrected chi connectivity index (χ0v) is 12.0. The summed E-state index contributed by atoms with van der Waals surface area (Å²) in [6.07, 6.45) is 2.83. The molecule has 1 aliphatic heterocycles. The van der Waals surface area contributed by atoms with Crippen molar-refractivity contribution in [2.24, 2.45) is 5.10 Å². The van der Waals surface area contributed by atoms with Crippen LogP contribution in [-0.4, -0.2) is 42.5 Å². The lowest BCUT2D eigenvalue weighted by molar-refractivity contribution is 0.122. The first-order valence-electron chi connectivity index (χ1n) is 6.51. The number of halogens is 1. The van der Waals surface area contributed by atoms with E-state index in [1.54, 1.807) is 17.6 Å². The molecule has 0 spiro atoms. The predicted octanol–water partition coefficient (Wildman–Crippen LogP) is 1.96. The van der Waals surface area contributed by atoms with Gasteiger partial charge in [0.25, 0.3) is 0 Å². The first-order valence-corrected chi connectivity index (χ1v) is 7.39. The number of rotatable bonds is 4. The standard InChI is InChI=1S/C13H14FN5OS/c14-11-9-15-13(18-16-8-10-2-1-7-21-10)17-12(11)19-3-5-20-6-4-19/h1-2,7-9H,3-6H2,(H,15,17,18)/b16-8+. The lowest BCUT2D eigenvalue weighted by atomic mass is 10.4. The highest BCUT2D eigenvalue weighted by atomic mass is 32.1. The summed E-state index contributed by atoms with van der Waals surface area (Å²) in [7, 11) is 0. The van der Waals surface area contributed by atoms with Crippen molar-refractivity contribution in [1.29, 1.82) is 0 Å². The molecule has 1 fully saturated rings. The number of thiophene rings is 1. The fourth-order valence-electron chi connectivity index (χ4n) is 1.93. The van der Waals surface area contributed by atoms with Gasteiger partial charge in [0.1, 0.15) is 0 Å². The van der Waals surface area contributed by atoms with Crippen molar-refractivity contribution in [2.45, 2.75) is 0 Å². The maximum atomic E-state index is 13.8. The Morgan fingerprint density at radius 2 is 2.29 bits per heavy atom. The summed E-state index contributed by atoms with van der Waals surface area (Å²) in [4.78, 5) is 10.9. The molecule has 0 aromatic carbocycles. The molecule has 2 aromatic heterocycles. The molecule has 0 radical (unpaired) electrons. The van der Waals surface area contributed by atoms with E-state index in [0.29, 0.717) is 26.3 Å². The van der Waals surface area contributed by atoms with Gasteiger partial charge < -0.3 is 9.64 Å². The summed E-state index contributed by atoms with van der Waals surface area (Å²) in [6, 6.07) is 3.89. The zero-order chi connectivity index (χ0) is 14.5. The second-order valence-corrected chi connectivity index (χ2v) is 5.33. The summed E-state index contributed by atoms with van der Waals surface area (Å²) in [5.74, 6) is 0.109. The number of morpholine rings is 1. The van der Waals surface area contributed by atoms with Crippen LogP contribution < -0.4 is 10.3 Å². The molecule has 0 bridgehead atoms. The molecule has 1 N–H and O–H groups in total. The Kier molecular flexibility index (Phi) is 4.37. The van der Waals surface area contributed by atoms with Crippen molar-refractivity contribution >= 4 is 29.3 Å². The smallest absolute Gasteiger partial charge is 0.245 e. The fourth-order valence-corrected chi connectivity index (χ4v) is 2.51. The molecule has 0 saturated carbocycles. The third kappa shape index (κ3) is 3.53. The van der Waals surface area contributed by atoms with E-state index in [2.05, 4.69) is 20.5 Å². The van der Waals surface area contributed by atoms with Crippen molar-refractivity contribution in [1.82, 2.24) is 9.97 Å². The van der Waals surface area contributed by atoms with Gasteiger partial charge in [-0.1, -0.05) is 6.07 Å². The van der Waals surface area contributed by atoms with Gasteiger partial charge in [0, 0.05) is 18.0 Å². The molecule has 6 nitrogen and oxygen atoms in total. The quantitative estimate of drug-likeness (QED) is 0.691. The number of hydrazone groups is 1. The summed E-state index contributed by atoms with van der Waals surface area (Å²) in [5, 5.41) is 6.01. The fraction of sp³-hybridized carbons (Fsp3) is 0.308. The molecule has 0 aliphatic carbocycles. The second-order valence-electron chi connectivity index (χ2n) is 4.35. The largest absolute Gasteiger partial charge is 0.378 e. The lowest BCUT2D eigenvalue weighted by Crippen LogP contribution is -2.37. The molecule has 0 amide bonds. The molecule has 21 heavy (non-hydrogen) atoms. The Bertz CT molecular complexity index is 613. The molecular weight excluding hydrogens is 293 g/mol. The molecule has 0 unspecified atom stereocenters. The van der Waals surface area contributed by atoms with E-state index in [9.17, 15) is 4.39 Å². The van der Waals surface area contributed by atoms with Crippen molar-refractivity contribution in [3.05, 3.63) is 34.4 Å². The maximum absolute atomic E-state index is 13.8. The highest BCUT2D eigenvalue weighted by Crippen LogP contribution is 2.18. The molecule has 0 atom stereocenters. The van der Waals surface area contributed by atoms with Gasteiger partial charge in [0.05, 0.1) is 25.6 Å². The van der Waals surface area contributed by atoms with Gasteiger partial charge in [0.2, 0.25) is 5.95 Å². The van der Waals surface area contributed by atoms with E-state index in [1.807, 2.05) is 22.4 Å². The molecule has 110 valence electrons. The highest BCUT2D eigenvalue weighted by Gasteiger charge is 2.17. The normalized spacial score (nSPS) is 15.6. The highest BCUT2D eigenvalue weighted by molar-refractivity contribution is 7.11. The minimum Gasteiger partial charge on any atom is -0.378 e. The van der Waals surface area contributed by atoms with Crippen molar-refractivity contribution in [2.75, 3.05) is 36.6 Å². The van der Waals surface area contributed by atoms with Crippen molar-refractivity contribution in [3.63, 3.8) is 0 Å². The summed E-state index contributed by atoms with van der Waals surface area (Å²) < 4.78 is 19.1. The van der Waals surface area contributed by atoms with Crippen molar-refractivity contribution in [3.8, 4) is 0 Å². The molecular formula is C13H14FN5OS. The van der Waals surface area contributed by atoms with Crippen LogP contribution in [0.3, 0.4) is 0 Å². The molecule has 8 heteroatoms. The Morgan fingerprint density at radius 3 is 3.05 bits per heavy atom. The van der Waals surface area contributed by atoms with Crippen LogP contribution in [0.5, 0.6) is 0 Å². The van der Waals surface area contributed by atoms with Gasteiger partial charge in [-0.15, -0.1) is 11.3 Å². The van der Waals surface area contributed by atoms with E-state index < -0.39 is 5.82 Å². The SMILES string of the molecule is Fc1cnc(N/N=C/c2cccs2)nc1N1CCOCC1. The first kappa shape index (κ1) is 13.9.